The van der Waals surface area contributed by atoms with E-state index in [1.165, 1.54) is 5.56 Å². The van der Waals surface area contributed by atoms with Gasteiger partial charge in [0.2, 0.25) is 0 Å². The molecule has 0 amide bonds. The zero-order valence-electron chi connectivity index (χ0n) is 11.5. The topological polar surface area (TPSA) is 35.5 Å². The lowest BCUT2D eigenvalue weighted by Crippen LogP contribution is -2.10. The highest BCUT2D eigenvalue weighted by molar-refractivity contribution is 5.75. The van der Waals surface area contributed by atoms with Gasteiger partial charge in [0.25, 0.3) is 0 Å². The van der Waals surface area contributed by atoms with E-state index >= 15 is 0 Å². The van der Waals surface area contributed by atoms with Crippen molar-refractivity contribution in [3.8, 4) is 0 Å². The van der Waals surface area contributed by atoms with E-state index < -0.39 is 0 Å². The maximum Gasteiger partial charge on any atom is 0.309 e. The van der Waals surface area contributed by atoms with E-state index in [9.17, 15) is 4.79 Å². The molecule has 1 aliphatic carbocycles. The van der Waals surface area contributed by atoms with E-state index in [1.807, 2.05) is 30.3 Å². The molecule has 0 N–H and O–H groups in total. The van der Waals surface area contributed by atoms with Gasteiger partial charge in [-0.2, -0.15) is 0 Å². The summed E-state index contributed by atoms with van der Waals surface area (Å²) < 4.78 is 10.8. The Balaban J connectivity index is 1.58. The molecule has 104 valence electrons. The summed E-state index contributed by atoms with van der Waals surface area (Å²) in [4.78, 5) is 11.6. The van der Waals surface area contributed by atoms with E-state index in [0.29, 0.717) is 25.7 Å². The summed E-state index contributed by atoms with van der Waals surface area (Å²) in [6, 6.07) is 10.1. The Labute approximate surface area is 114 Å². The Morgan fingerprint density at radius 2 is 2.11 bits per heavy atom. The SMILES string of the molecule is CCCCOC(=O)[C@H]1C[C@@H]1COCc1ccccc1. The number of hydrogen-bond acceptors (Lipinski definition) is 3. The van der Waals surface area contributed by atoms with Crippen LogP contribution in [-0.2, 0) is 20.9 Å². The molecule has 0 saturated heterocycles. The van der Waals surface area contributed by atoms with Gasteiger partial charge in [-0.25, -0.2) is 0 Å². The molecule has 1 aromatic carbocycles. The van der Waals surface area contributed by atoms with Gasteiger partial charge in [0, 0.05) is 0 Å². The predicted molar refractivity (Wildman–Crippen MR) is 73.6 cm³/mol. The highest BCUT2D eigenvalue weighted by Crippen LogP contribution is 2.39. The van der Waals surface area contributed by atoms with Crippen molar-refractivity contribution in [3.05, 3.63) is 35.9 Å². The van der Waals surface area contributed by atoms with Crippen LogP contribution in [0.25, 0.3) is 0 Å². The molecule has 3 heteroatoms. The van der Waals surface area contributed by atoms with Gasteiger partial charge in [-0.3, -0.25) is 4.79 Å². The number of esters is 1. The zero-order valence-corrected chi connectivity index (χ0v) is 11.5. The summed E-state index contributed by atoms with van der Waals surface area (Å²) in [5.74, 6) is 0.396. The molecule has 1 fully saturated rings. The highest BCUT2D eigenvalue weighted by Gasteiger charge is 2.44. The van der Waals surface area contributed by atoms with Crippen molar-refractivity contribution >= 4 is 5.97 Å². The smallest absolute Gasteiger partial charge is 0.309 e. The Hall–Kier alpha value is -1.35. The Kier molecular flexibility index (Phi) is 5.40. The van der Waals surface area contributed by atoms with Gasteiger partial charge in [0.15, 0.2) is 0 Å². The molecule has 1 saturated carbocycles. The summed E-state index contributed by atoms with van der Waals surface area (Å²) in [5, 5.41) is 0. The first-order valence-electron chi connectivity index (χ1n) is 7.09. The number of unbranched alkanes of at least 4 members (excludes halogenated alkanes) is 1. The first-order valence-corrected chi connectivity index (χ1v) is 7.09. The third-order valence-electron chi connectivity index (χ3n) is 3.41. The van der Waals surface area contributed by atoms with E-state index in [2.05, 4.69) is 6.92 Å². The van der Waals surface area contributed by atoms with Gasteiger partial charge in [0.1, 0.15) is 0 Å². The lowest BCUT2D eigenvalue weighted by atomic mass is 10.2. The largest absolute Gasteiger partial charge is 0.465 e. The van der Waals surface area contributed by atoms with Crippen LogP contribution in [0.15, 0.2) is 30.3 Å². The van der Waals surface area contributed by atoms with Crippen molar-refractivity contribution < 1.29 is 14.3 Å². The maximum absolute atomic E-state index is 11.6. The Morgan fingerprint density at radius 3 is 2.84 bits per heavy atom. The van der Waals surface area contributed by atoms with Gasteiger partial charge in [0.05, 0.1) is 25.7 Å². The van der Waals surface area contributed by atoms with Crippen molar-refractivity contribution in [1.29, 1.82) is 0 Å². The van der Waals surface area contributed by atoms with Gasteiger partial charge in [-0.05, 0) is 24.3 Å². The number of benzene rings is 1. The van der Waals surface area contributed by atoms with Crippen LogP contribution in [0, 0.1) is 11.8 Å². The van der Waals surface area contributed by atoms with Gasteiger partial charge in [-0.15, -0.1) is 0 Å². The average Bonchev–Trinajstić information content (AvgIpc) is 3.20. The first kappa shape index (κ1) is 14.1. The first-order chi connectivity index (χ1) is 9.31. The molecule has 0 spiro atoms. The standard InChI is InChI=1S/C16H22O3/c1-2-3-9-19-16(17)15-10-14(15)12-18-11-13-7-5-4-6-8-13/h4-8,14-15H,2-3,9-12H2,1H3/t14-,15+/m1/s1. The van der Waals surface area contributed by atoms with Crippen LogP contribution in [0.2, 0.25) is 0 Å². The van der Waals surface area contributed by atoms with Crippen LogP contribution in [0.1, 0.15) is 31.7 Å². The molecule has 0 aromatic heterocycles. The monoisotopic (exact) mass is 262 g/mol. The number of ether oxygens (including phenoxy) is 2. The summed E-state index contributed by atoms with van der Waals surface area (Å²) in [7, 11) is 0. The summed E-state index contributed by atoms with van der Waals surface area (Å²) in [5.41, 5.74) is 1.17. The summed E-state index contributed by atoms with van der Waals surface area (Å²) in [6.07, 6.45) is 2.93. The molecule has 1 aliphatic rings. The van der Waals surface area contributed by atoms with Gasteiger partial charge in [-0.1, -0.05) is 43.7 Å². The molecule has 0 aliphatic heterocycles. The van der Waals surface area contributed by atoms with Crippen LogP contribution in [0.5, 0.6) is 0 Å². The van der Waals surface area contributed by atoms with E-state index in [4.69, 9.17) is 9.47 Å². The number of hydrogen-bond donors (Lipinski definition) is 0. The minimum absolute atomic E-state index is 0.0400. The molecule has 0 bridgehead atoms. The van der Waals surface area contributed by atoms with Crippen molar-refractivity contribution in [1.82, 2.24) is 0 Å². The van der Waals surface area contributed by atoms with Crippen molar-refractivity contribution in [2.45, 2.75) is 32.8 Å². The summed E-state index contributed by atoms with van der Waals surface area (Å²) >= 11 is 0. The van der Waals surface area contributed by atoms with E-state index in [-0.39, 0.29) is 11.9 Å². The fourth-order valence-electron chi connectivity index (χ4n) is 2.05. The normalized spacial score (nSPS) is 21.1. The molecular weight excluding hydrogens is 240 g/mol. The fraction of sp³-hybridized carbons (Fsp3) is 0.562. The molecule has 2 atom stereocenters. The van der Waals surface area contributed by atoms with Crippen LogP contribution in [0.4, 0.5) is 0 Å². The second-order valence-electron chi connectivity index (χ2n) is 5.12. The Morgan fingerprint density at radius 1 is 1.32 bits per heavy atom. The minimum Gasteiger partial charge on any atom is -0.465 e. The van der Waals surface area contributed by atoms with Crippen LogP contribution >= 0.6 is 0 Å². The molecule has 0 unspecified atom stereocenters. The molecule has 1 aromatic rings. The predicted octanol–water partition coefficient (Wildman–Crippen LogP) is 3.18. The van der Waals surface area contributed by atoms with Crippen LogP contribution < -0.4 is 0 Å². The molecule has 19 heavy (non-hydrogen) atoms. The third kappa shape index (κ3) is 4.67. The average molecular weight is 262 g/mol. The third-order valence-corrected chi connectivity index (χ3v) is 3.41. The van der Waals surface area contributed by atoms with Gasteiger partial charge < -0.3 is 9.47 Å². The van der Waals surface area contributed by atoms with Crippen molar-refractivity contribution in [2.75, 3.05) is 13.2 Å². The molecular formula is C16H22O3. The molecule has 0 heterocycles. The van der Waals surface area contributed by atoms with Gasteiger partial charge >= 0.3 is 5.97 Å². The molecule has 2 rings (SSSR count). The minimum atomic E-state index is -0.0400. The van der Waals surface area contributed by atoms with Crippen LogP contribution in [-0.4, -0.2) is 19.2 Å². The van der Waals surface area contributed by atoms with E-state index in [1.54, 1.807) is 0 Å². The molecule has 3 nitrogen and oxygen atoms in total. The number of carbonyl (C=O) groups excluding carboxylic acids is 1. The van der Waals surface area contributed by atoms with Crippen molar-refractivity contribution in [2.24, 2.45) is 11.8 Å². The lowest BCUT2D eigenvalue weighted by molar-refractivity contribution is -0.145. The maximum atomic E-state index is 11.6. The lowest BCUT2D eigenvalue weighted by Gasteiger charge is -2.05. The van der Waals surface area contributed by atoms with Crippen LogP contribution in [0.3, 0.4) is 0 Å². The fourth-order valence-corrected chi connectivity index (χ4v) is 2.05. The number of carbonyl (C=O) groups is 1. The van der Waals surface area contributed by atoms with Crippen molar-refractivity contribution in [3.63, 3.8) is 0 Å². The summed E-state index contributed by atoms with van der Waals surface area (Å²) in [6.45, 7) is 3.92. The zero-order chi connectivity index (χ0) is 13.5. The second kappa shape index (κ2) is 7.29. The van der Waals surface area contributed by atoms with E-state index in [0.717, 1.165) is 19.3 Å². The second-order valence-corrected chi connectivity index (χ2v) is 5.12. The molecule has 0 radical (unpaired) electrons. The number of rotatable bonds is 8. The quantitative estimate of drug-likeness (QED) is 0.533. The Bertz CT molecular complexity index is 388. The highest BCUT2D eigenvalue weighted by atomic mass is 16.5.